The van der Waals surface area contributed by atoms with Gasteiger partial charge < -0.3 is 9.88 Å². The number of nitrogens with zero attached hydrogens (tertiary/aromatic N) is 2. The summed E-state index contributed by atoms with van der Waals surface area (Å²) in [6, 6.07) is 8.21. The van der Waals surface area contributed by atoms with E-state index in [2.05, 4.69) is 10.3 Å². The zero-order valence-electron chi connectivity index (χ0n) is 10.3. The smallest absolute Gasteiger partial charge is 0.269 e. The van der Waals surface area contributed by atoms with Gasteiger partial charge in [-0.05, 0) is 31.5 Å². The zero-order valence-corrected chi connectivity index (χ0v) is 10.3. The second kappa shape index (κ2) is 4.90. The monoisotopic (exact) mass is 243 g/mol. The van der Waals surface area contributed by atoms with Gasteiger partial charge in [0.05, 0.1) is 17.2 Å². The minimum atomic E-state index is -0.0129. The van der Waals surface area contributed by atoms with E-state index in [1.165, 1.54) is 19.0 Å². The predicted molar refractivity (Wildman–Crippen MR) is 71.6 cm³/mol. The molecule has 1 saturated heterocycles. The summed E-state index contributed by atoms with van der Waals surface area (Å²) in [5.41, 5.74) is 1.80. The Morgan fingerprint density at radius 3 is 3.06 bits per heavy atom. The average molecular weight is 243 g/mol. The lowest BCUT2D eigenvalue weighted by Crippen LogP contribution is -2.39. The van der Waals surface area contributed by atoms with Gasteiger partial charge in [0, 0.05) is 12.6 Å². The van der Waals surface area contributed by atoms with Gasteiger partial charge in [-0.15, -0.1) is 0 Å². The van der Waals surface area contributed by atoms with E-state index in [1.54, 1.807) is 0 Å². The fourth-order valence-electron chi connectivity index (χ4n) is 2.60. The third-order valence-corrected chi connectivity index (χ3v) is 3.57. The van der Waals surface area contributed by atoms with Gasteiger partial charge in [-0.3, -0.25) is 4.79 Å². The maximum Gasteiger partial charge on any atom is 0.269 e. The first-order valence-corrected chi connectivity index (χ1v) is 6.52. The summed E-state index contributed by atoms with van der Waals surface area (Å²) in [5.74, 6) is 0. The van der Waals surface area contributed by atoms with Crippen LogP contribution in [0.4, 0.5) is 0 Å². The molecule has 0 saturated carbocycles. The molecule has 0 amide bonds. The number of para-hydroxylation sites is 2. The van der Waals surface area contributed by atoms with Crippen LogP contribution in [-0.2, 0) is 6.54 Å². The van der Waals surface area contributed by atoms with Crippen LogP contribution in [0, 0.1) is 0 Å². The Morgan fingerprint density at radius 2 is 2.22 bits per heavy atom. The Bertz CT molecular complexity index is 599. The molecule has 2 heterocycles. The molecule has 18 heavy (non-hydrogen) atoms. The summed E-state index contributed by atoms with van der Waals surface area (Å²) in [6.07, 6.45) is 5.05. The number of rotatable bonds is 2. The molecule has 1 atom stereocenters. The lowest BCUT2D eigenvalue weighted by molar-refractivity contribution is 0.363. The topological polar surface area (TPSA) is 46.9 Å². The van der Waals surface area contributed by atoms with Crippen molar-refractivity contribution in [2.45, 2.75) is 31.8 Å². The quantitative estimate of drug-likeness (QED) is 0.870. The first-order chi connectivity index (χ1) is 8.84. The van der Waals surface area contributed by atoms with Gasteiger partial charge in [-0.2, -0.15) is 0 Å². The third kappa shape index (κ3) is 2.16. The molecular formula is C14H17N3O. The number of aromatic nitrogens is 2. The molecule has 0 radical (unpaired) electrons. The van der Waals surface area contributed by atoms with Crippen molar-refractivity contribution in [1.29, 1.82) is 0 Å². The van der Waals surface area contributed by atoms with Crippen molar-refractivity contribution in [3.63, 3.8) is 0 Å². The molecule has 0 bridgehead atoms. The lowest BCUT2D eigenvalue weighted by atomic mass is 10.0. The van der Waals surface area contributed by atoms with Gasteiger partial charge in [0.15, 0.2) is 0 Å². The van der Waals surface area contributed by atoms with Gasteiger partial charge in [-0.25, -0.2) is 4.98 Å². The highest BCUT2D eigenvalue weighted by Crippen LogP contribution is 2.12. The number of piperidine rings is 1. The second-order valence-electron chi connectivity index (χ2n) is 4.84. The Morgan fingerprint density at radius 1 is 1.33 bits per heavy atom. The summed E-state index contributed by atoms with van der Waals surface area (Å²) < 4.78 is 1.84. The van der Waals surface area contributed by atoms with E-state index in [-0.39, 0.29) is 5.56 Å². The molecule has 1 fully saturated rings. The van der Waals surface area contributed by atoms with Crippen LogP contribution in [0.5, 0.6) is 0 Å². The molecule has 1 aliphatic rings. The Labute approximate surface area is 106 Å². The molecule has 1 aromatic carbocycles. The number of hydrogen-bond donors (Lipinski definition) is 1. The van der Waals surface area contributed by atoms with Crippen molar-refractivity contribution in [2.24, 2.45) is 0 Å². The first kappa shape index (κ1) is 11.4. The van der Waals surface area contributed by atoms with Crippen LogP contribution >= 0.6 is 0 Å². The van der Waals surface area contributed by atoms with E-state index in [0.717, 1.165) is 30.5 Å². The molecule has 1 unspecified atom stereocenters. The fraction of sp³-hybridized carbons (Fsp3) is 0.429. The van der Waals surface area contributed by atoms with Gasteiger partial charge in [0.25, 0.3) is 5.56 Å². The van der Waals surface area contributed by atoms with Crippen LogP contribution < -0.4 is 10.9 Å². The molecule has 4 heteroatoms. The van der Waals surface area contributed by atoms with E-state index in [9.17, 15) is 4.79 Å². The van der Waals surface area contributed by atoms with Crippen LogP contribution in [0.3, 0.4) is 0 Å². The first-order valence-electron chi connectivity index (χ1n) is 6.52. The Hall–Kier alpha value is -1.68. The van der Waals surface area contributed by atoms with E-state index >= 15 is 0 Å². The van der Waals surface area contributed by atoms with Crippen LogP contribution in [0.25, 0.3) is 11.0 Å². The molecule has 4 nitrogen and oxygen atoms in total. The summed E-state index contributed by atoms with van der Waals surface area (Å²) in [5, 5.41) is 3.48. The molecule has 0 aliphatic carbocycles. The predicted octanol–water partition coefficient (Wildman–Crippen LogP) is 1.54. The van der Waals surface area contributed by atoms with Crippen LogP contribution in [0.2, 0.25) is 0 Å². The van der Waals surface area contributed by atoms with E-state index < -0.39 is 0 Å². The highest BCUT2D eigenvalue weighted by atomic mass is 16.1. The van der Waals surface area contributed by atoms with Crippen LogP contribution in [-0.4, -0.2) is 22.1 Å². The Kier molecular flexibility index (Phi) is 3.11. The van der Waals surface area contributed by atoms with Crippen LogP contribution in [0.15, 0.2) is 35.3 Å². The van der Waals surface area contributed by atoms with E-state index in [1.807, 2.05) is 28.8 Å². The zero-order chi connectivity index (χ0) is 12.4. The summed E-state index contributed by atoms with van der Waals surface area (Å²) >= 11 is 0. The summed E-state index contributed by atoms with van der Waals surface area (Å²) in [7, 11) is 0. The second-order valence-corrected chi connectivity index (χ2v) is 4.84. The highest BCUT2D eigenvalue weighted by Gasteiger charge is 2.14. The minimum absolute atomic E-state index is 0.0129. The number of nitrogens with one attached hydrogen (secondary N) is 1. The average Bonchev–Trinajstić information content (AvgIpc) is 2.43. The summed E-state index contributed by atoms with van der Waals surface area (Å²) in [4.78, 5) is 16.2. The molecule has 1 N–H and O–H groups in total. The number of hydrogen-bond acceptors (Lipinski definition) is 3. The van der Waals surface area contributed by atoms with Crippen molar-refractivity contribution < 1.29 is 0 Å². The normalized spacial score (nSPS) is 20.1. The maximum atomic E-state index is 12.0. The van der Waals surface area contributed by atoms with Crippen molar-refractivity contribution in [2.75, 3.05) is 6.54 Å². The van der Waals surface area contributed by atoms with Gasteiger partial charge >= 0.3 is 0 Å². The van der Waals surface area contributed by atoms with E-state index in [0.29, 0.717) is 6.04 Å². The highest BCUT2D eigenvalue weighted by molar-refractivity contribution is 5.74. The minimum Gasteiger partial charge on any atom is -0.312 e. The number of fused-ring (bicyclic) bond motifs is 1. The SMILES string of the molecule is O=c1cnc2ccccc2n1CC1CCCCN1. The maximum absolute atomic E-state index is 12.0. The van der Waals surface area contributed by atoms with Crippen molar-refractivity contribution in [1.82, 2.24) is 14.9 Å². The molecule has 94 valence electrons. The van der Waals surface area contributed by atoms with Gasteiger partial charge in [0.2, 0.25) is 0 Å². The standard InChI is InChI=1S/C14H17N3O/c18-14-9-16-12-6-1-2-7-13(12)17(14)10-11-5-3-4-8-15-11/h1-2,6-7,9,11,15H,3-5,8,10H2. The number of benzene rings is 1. The largest absolute Gasteiger partial charge is 0.312 e. The van der Waals surface area contributed by atoms with Crippen LogP contribution in [0.1, 0.15) is 19.3 Å². The summed E-state index contributed by atoms with van der Waals surface area (Å²) in [6.45, 7) is 1.80. The third-order valence-electron chi connectivity index (χ3n) is 3.57. The van der Waals surface area contributed by atoms with Crippen molar-refractivity contribution >= 4 is 11.0 Å². The fourth-order valence-corrected chi connectivity index (χ4v) is 2.60. The Balaban J connectivity index is 1.99. The molecule has 1 aromatic heterocycles. The molecule has 3 rings (SSSR count). The van der Waals surface area contributed by atoms with Gasteiger partial charge in [-0.1, -0.05) is 18.6 Å². The molecular weight excluding hydrogens is 226 g/mol. The molecule has 2 aromatic rings. The van der Waals surface area contributed by atoms with E-state index in [4.69, 9.17) is 0 Å². The van der Waals surface area contributed by atoms with Crippen molar-refractivity contribution in [3.8, 4) is 0 Å². The van der Waals surface area contributed by atoms with Crippen molar-refractivity contribution in [3.05, 3.63) is 40.8 Å². The lowest BCUT2D eigenvalue weighted by Gasteiger charge is -2.24. The van der Waals surface area contributed by atoms with Gasteiger partial charge in [0.1, 0.15) is 0 Å². The molecule has 0 spiro atoms. The molecule has 1 aliphatic heterocycles.